The molecule has 0 saturated heterocycles. The highest BCUT2D eigenvalue weighted by molar-refractivity contribution is 9.10. The van der Waals surface area contributed by atoms with E-state index in [1.807, 2.05) is 14.1 Å². The third kappa shape index (κ3) is 3.28. The fourth-order valence-electron chi connectivity index (χ4n) is 0.596. The van der Waals surface area contributed by atoms with Gasteiger partial charge in [-0.3, -0.25) is 0 Å². The van der Waals surface area contributed by atoms with Crippen molar-refractivity contribution in [1.29, 1.82) is 0 Å². The first-order valence-corrected chi connectivity index (χ1v) is 4.65. The lowest BCUT2D eigenvalue weighted by Crippen LogP contribution is -2.07. The van der Waals surface area contributed by atoms with Crippen LogP contribution in [0.4, 0.5) is 5.82 Å². The Morgan fingerprint density at radius 2 is 2.31 bits per heavy atom. The predicted molar refractivity (Wildman–Crippen MR) is 56.6 cm³/mol. The van der Waals surface area contributed by atoms with Crippen molar-refractivity contribution in [1.82, 2.24) is 14.9 Å². The number of rotatable bonds is 2. The molecule has 70 valence electrons. The molecule has 0 amide bonds. The summed E-state index contributed by atoms with van der Waals surface area (Å²) in [5, 5.41) is 0.293. The van der Waals surface area contributed by atoms with Gasteiger partial charge in [0.25, 0.3) is 0 Å². The van der Waals surface area contributed by atoms with Crippen LogP contribution in [0.5, 0.6) is 0 Å². The molecule has 0 saturated carbocycles. The minimum absolute atomic E-state index is 0.293. The van der Waals surface area contributed by atoms with Crippen molar-refractivity contribution >= 4 is 39.7 Å². The average Bonchev–Trinajstić information content (AvgIpc) is 2.06. The van der Waals surface area contributed by atoms with E-state index in [2.05, 4.69) is 30.9 Å². The summed E-state index contributed by atoms with van der Waals surface area (Å²) >= 11 is 8.94. The van der Waals surface area contributed by atoms with Crippen molar-refractivity contribution in [2.75, 3.05) is 14.1 Å². The number of aliphatic imine (C=N–C) groups is 1. The zero-order valence-corrected chi connectivity index (χ0v) is 9.54. The maximum absolute atomic E-state index is 5.75. The summed E-state index contributed by atoms with van der Waals surface area (Å²) in [5.74, 6) is 0.407. The van der Waals surface area contributed by atoms with Crippen LogP contribution in [0.2, 0.25) is 5.15 Å². The molecule has 1 rings (SSSR count). The maximum atomic E-state index is 5.75. The topological polar surface area (TPSA) is 41.4 Å². The number of nitrogens with zero attached hydrogens (tertiary/aromatic N) is 4. The number of aromatic nitrogens is 2. The first-order valence-electron chi connectivity index (χ1n) is 3.48. The van der Waals surface area contributed by atoms with Crippen molar-refractivity contribution in [2.45, 2.75) is 0 Å². The summed E-state index contributed by atoms with van der Waals surface area (Å²) in [7, 11) is 3.73. The molecule has 0 atom stereocenters. The Morgan fingerprint density at radius 3 is 2.92 bits per heavy atom. The van der Waals surface area contributed by atoms with Gasteiger partial charge in [0.1, 0.15) is 4.60 Å². The van der Waals surface area contributed by atoms with E-state index in [0.29, 0.717) is 15.6 Å². The highest BCUT2D eigenvalue weighted by atomic mass is 79.9. The van der Waals surface area contributed by atoms with E-state index in [9.17, 15) is 0 Å². The van der Waals surface area contributed by atoms with Crippen LogP contribution in [0.25, 0.3) is 0 Å². The Bertz CT molecular complexity index is 326. The van der Waals surface area contributed by atoms with E-state index in [1.54, 1.807) is 11.2 Å². The van der Waals surface area contributed by atoms with E-state index in [0.717, 1.165) is 0 Å². The molecule has 0 aliphatic rings. The summed E-state index contributed by atoms with van der Waals surface area (Å²) in [6, 6.07) is 0. The van der Waals surface area contributed by atoms with Crippen LogP contribution < -0.4 is 0 Å². The second-order valence-corrected chi connectivity index (χ2v) is 3.69. The lowest BCUT2D eigenvalue weighted by Gasteiger charge is -2.02. The normalized spacial score (nSPS) is 10.8. The Balaban J connectivity index is 2.93. The van der Waals surface area contributed by atoms with Crippen LogP contribution in [-0.2, 0) is 0 Å². The quantitative estimate of drug-likeness (QED) is 0.606. The van der Waals surface area contributed by atoms with E-state index in [4.69, 9.17) is 11.6 Å². The molecular weight excluding hydrogens is 255 g/mol. The molecule has 0 radical (unpaired) electrons. The molecule has 13 heavy (non-hydrogen) atoms. The van der Waals surface area contributed by atoms with Crippen LogP contribution in [-0.4, -0.2) is 35.3 Å². The summed E-state index contributed by atoms with van der Waals surface area (Å²) < 4.78 is 0.614. The molecule has 6 heteroatoms. The Labute approximate surface area is 89.8 Å². The van der Waals surface area contributed by atoms with E-state index in [-0.39, 0.29) is 0 Å². The highest BCUT2D eigenvalue weighted by Gasteiger charge is 2.01. The SMILES string of the molecule is CN(C)C=Nc1nc(Br)cnc1Cl. The second-order valence-electron chi connectivity index (χ2n) is 2.52. The summed E-state index contributed by atoms with van der Waals surface area (Å²) in [4.78, 5) is 13.7. The Kier molecular flexibility index (Phi) is 3.62. The molecule has 4 nitrogen and oxygen atoms in total. The maximum Gasteiger partial charge on any atom is 0.192 e. The summed E-state index contributed by atoms with van der Waals surface area (Å²) in [6.07, 6.45) is 3.14. The van der Waals surface area contributed by atoms with Crippen molar-refractivity contribution < 1.29 is 0 Å². The number of hydrogen-bond acceptors (Lipinski definition) is 3. The molecule has 1 heterocycles. The predicted octanol–water partition coefficient (Wildman–Crippen LogP) is 2.11. The molecule has 0 spiro atoms. The van der Waals surface area contributed by atoms with E-state index < -0.39 is 0 Å². The largest absolute Gasteiger partial charge is 0.369 e. The highest BCUT2D eigenvalue weighted by Crippen LogP contribution is 2.20. The molecule has 0 unspecified atom stereocenters. The molecule has 1 aromatic heterocycles. The first-order chi connectivity index (χ1) is 6.09. The van der Waals surface area contributed by atoms with Gasteiger partial charge in [0.2, 0.25) is 0 Å². The third-order valence-corrected chi connectivity index (χ3v) is 1.74. The first kappa shape index (κ1) is 10.4. The number of hydrogen-bond donors (Lipinski definition) is 0. The van der Waals surface area contributed by atoms with Crippen molar-refractivity contribution in [3.05, 3.63) is 16.0 Å². The summed E-state index contributed by atoms with van der Waals surface area (Å²) in [6.45, 7) is 0. The molecule has 0 aliphatic carbocycles. The van der Waals surface area contributed by atoms with Crippen LogP contribution in [0.1, 0.15) is 0 Å². The van der Waals surface area contributed by atoms with Crippen LogP contribution in [0.15, 0.2) is 15.8 Å². The van der Waals surface area contributed by atoms with Gasteiger partial charge in [-0.05, 0) is 15.9 Å². The van der Waals surface area contributed by atoms with Gasteiger partial charge >= 0.3 is 0 Å². The van der Waals surface area contributed by atoms with Crippen molar-refractivity contribution in [3.8, 4) is 0 Å². The van der Waals surface area contributed by atoms with E-state index >= 15 is 0 Å². The third-order valence-electron chi connectivity index (χ3n) is 1.09. The van der Waals surface area contributed by atoms with Gasteiger partial charge < -0.3 is 4.90 Å². The molecule has 0 aliphatic heterocycles. The van der Waals surface area contributed by atoms with E-state index in [1.165, 1.54) is 6.20 Å². The van der Waals surface area contributed by atoms with Gasteiger partial charge in [-0.2, -0.15) is 0 Å². The minimum Gasteiger partial charge on any atom is -0.369 e. The molecule has 0 bridgehead atoms. The van der Waals surface area contributed by atoms with Gasteiger partial charge in [-0.1, -0.05) is 11.6 Å². The van der Waals surface area contributed by atoms with Crippen molar-refractivity contribution in [2.24, 2.45) is 4.99 Å². The zero-order chi connectivity index (χ0) is 9.84. The smallest absolute Gasteiger partial charge is 0.192 e. The second kappa shape index (κ2) is 4.53. The molecule has 1 aromatic rings. The van der Waals surface area contributed by atoms with Crippen LogP contribution in [0.3, 0.4) is 0 Å². The lowest BCUT2D eigenvalue weighted by atomic mass is 10.7. The molecular formula is C7H8BrClN4. The molecule has 0 fully saturated rings. The van der Waals surface area contributed by atoms with Crippen molar-refractivity contribution in [3.63, 3.8) is 0 Å². The standard InChI is InChI=1S/C7H8BrClN4/c1-13(2)4-11-7-6(9)10-3-5(8)12-7/h3-4H,1-2H3. The Hall–Kier alpha value is -0.680. The Morgan fingerprint density at radius 1 is 1.62 bits per heavy atom. The van der Waals surface area contributed by atoms with Gasteiger partial charge in [-0.25, -0.2) is 15.0 Å². The van der Waals surface area contributed by atoms with Crippen LogP contribution >= 0.6 is 27.5 Å². The average molecular weight is 264 g/mol. The summed E-state index contributed by atoms with van der Waals surface area (Å²) in [5.41, 5.74) is 0. The monoisotopic (exact) mass is 262 g/mol. The minimum atomic E-state index is 0.293. The van der Waals surface area contributed by atoms with Gasteiger partial charge in [0, 0.05) is 14.1 Å². The molecule has 0 aromatic carbocycles. The zero-order valence-electron chi connectivity index (χ0n) is 7.20. The fraction of sp³-hybridized carbons (Fsp3) is 0.286. The van der Waals surface area contributed by atoms with Gasteiger partial charge in [-0.15, -0.1) is 0 Å². The number of halogens is 2. The molecule has 0 N–H and O–H groups in total. The lowest BCUT2D eigenvalue weighted by molar-refractivity contribution is 0.643. The van der Waals surface area contributed by atoms with Gasteiger partial charge in [0.05, 0.1) is 12.5 Å². The van der Waals surface area contributed by atoms with Gasteiger partial charge in [0.15, 0.2) is 11.0 Å². The van der Waals surface area contributed by atoms with Crippen LogP contribution in [0, 0.1) is 0 Å². The fourth-order valence-corrected chi connectivity index (χ4v) is 1.01.